The standard InChI is InChI=1S/C12H18ClN3O/c1-14-15-6-7-16(12(8-15)9-17)11-4-2-10(13)3-5-11/h2-5,12,14,17H,6-9H2,1H3. The van der Waals surface area contributed by atoms with E-state index in [4.69, 9.17) is 11.6 Å². The third kappa shape index (κ3) is 2.90. The second kappa shape index (κ2) is 5.69. The van der Waals surface area contributed by atoms with Crippen LogP contribution in [0, 0.1) is 0 Å². The Labute approximate surface area is 107 Å². The second-order valence-corrected chi connectivity index (χ2v) is 4.61. The van der Waals surface area contributed by atoms with Gasteiger partial charge in [-0.1, -0.05) is 11.6 Å². The van der Waals surface area contributed by atoms with Gasteiger partial charge >= 0.3 is 0 Å². The number of hydrogen-bond acceptors (Lipinski definition) is 4. The van der Waals surface area contributed by atoms with E-state index in [0.29, 0.717) is 0 Å². The number of piperazine rings is 1. The lowest BCUT2D eigenvalue weighted by Gasteiger charge is -2.41. The molecule has 0 aromatic heterocycles. The molecule has 2 N–H and O–H groups in total. The smallest absolute Gasteiger partial charge is 0.0662 e. The van der Waals surface area contributed by atoms with Crippen LogP contribution in [-0.4, -0.2) is 49.4 Å². The molecule has 1 aromatic carbocycles. The summed E-state index contributed by atoms with van der Waals surface area (Å²) in [6.45, 7) is 2.81. The number of aliphatic hydroxyl groups excluding tert-OH is 1. The molecule has 1 fully saturated rings. The van der Waals surface area contributed by atoms with Gasteiger partial charge in [-0.05, 0) is 31.3 Å². The summed E-state index contributed by atoms with van der Waals surface area (Å²) >= 11 is 5.88. The van der Waals surface area contributed by atoms with Crippen molar-refractivity contribution in [3.05, 3.63) is 29.3 Å². The van der Waals surface area contributed by atoms with Gasteiger partial charge in [0, 0.05) is 30.3 Å². The molecule has 1 heterocycles. The highest BCUT2D eigenvalue weighted by atomic mass is 35.5. The van der Waals surface area contributed by atoms with E-state index in [0.717, 1.165) is 30.3 Å². The molecule has 17 heavy (non-hydrogen) atoms. The van der Waals surface area contributed by atoms with Gasteiger partial charge in [0.2, 0.25) is 0 Å². The summed E-state index contributed by atoms with van der Waals surface area (Å²) in [4.78, 5) is 2.23. The largest absolute Gasteiger partial charge is 0.394 e. The zero-order valence-electron chi connectivity index (χ0n) is 9.93. The van der Waals surface area contributed by atoms with E-state index in [2.05, 4.69) is 15.3 Å². The Kier molecular flexibility index (Phi) is 4.23. The number of rotatable bonds is 3. The number of aliphatic hydroxyl groups is 1. The van der Waals surface area contributed by atoms with Gasteiger partial charge in [-0.15, -0.1) is 0 Å². The van der Waals surface area contributed by atoms with Gasteiger partial charge in [0.1, 0.15) is 0 Å². The molecular weight excluding hydrogens is 238 g/mol. The van der Waals surface area contributed by atoms with E-state index in [9.17, 15) is 5.11 Å². The third-order valence-corrected chi connectivity index (χ3v) is 3.42. The van der Waals surface area contributed by atoms with Crippen LogP contribution in [0.3, 0.4) is 0 Å². The molecule has 1 aliphatic rings. The normalized spacial score (nSPS) is 21.8. The molecular formula is C12H18ClN3O. The quantitative estimate of drug-likeness (QED) is 0.844. The summed E-state index contributed by atoms with van der Waals surface area (Å²) in [5, 5.41) is 12.3. The number of nitrogens with one attached hydrogen (secondary N) is 1. The molecule has 1 aromatic rings. The van der Waals surface area contributed by atoms with Crippen LogP contribution in [0.2, 0.25) is 5.02 Å². The maximum absolute atomic E-state index is 9.47. The Morgan fingerprint density at radius 1 is 1.35 bits per heavy atom. The van der Waals surface area contributed by atoms with Crippen LogP contribution in [-0.2, 0) is 0 Å². The van der Waals surface area contributed by atoms with Crippen LogP contribution in [0.1, 0.15) is 0 Å². The van der Waals surface area contributed by atoms with Crippen LogP contribution >= 0.6 is 11.6 Å². The maximum Gasteiger partial charge on any atom is 0.0662 e. The highest BCUT2D eigenvalue weighted by Crippen LogP contribution is 2.22. The van der Waals surface area contributed by atoms with E-state index in [1.807, 2.05) is 31.3 Å². The molecule has 0 bridgehead atoms. The van der Waals surface area contributed by atoms with Gasteiger partial charge in [-0.25, -0.2) is 5.01 Å². The van der Waals surface area contributed by atoms with E-state index in [1.165, 1.54) is 0 Å². The summed E-state index contributed by atoms with van der Waals surface area (Å²) < 4.78 is 0. The highest BCUT2D eigenvalue weighted by molar-refractivity contribution is 6.30. The fourth-order valence-corrected chi connectivity index (χ4v) is 2.31. The van der Waals surface area contributed by atoms with Crippen LogP contribution < -0.4 is 10.3 Å². The minimum Gasteiger partial charge on any atom is -0.394 e. The Morgan fingerprint density at radius 3 is 2.65 bits per heavy atom. The van der Waals surface area contributed by atoms with E-state index >= 15 is 0 Å². The first-order valence-corrected chi connectivity index (χ1v) is 6.18. The monoisotopic (exact) mass is 255 g/mol. The van der Waals surface area contributed by atoms with Crippen molar-refractivity contribution in [3.63, 3.8) is 0 Å². The molecule has 94 valence electrons. The van der Waals surface area contributed by atoms with Gasteiger partial charge < -0.3 is 10.0 Å². The molecule has 1 atom stereocenters. The highest BCUT2D eigenvalue weighted by Gasteiger charge is 2.25. The van der Waals surface area contributed by atoms with Gasteiger partial charge in [0.25, 0.3) is 0 Å². The summed E-state index contributed by atoms with van der Waals surface area (Å²) in [6, 6.07) is 7.89. The first kappa shape index (κ1) is 12.6. The third-order valence-electron chi connectivity index (χ3n) is 3.17. The number of hydrazine groups is 1. The van der Waals surface area contributed by atoms with Crippen molar-refractivity contribution in [2.75, 3.05) is 38.2 Å². The molecule has 0 spiro atoms. The molecule has 0 radical (unpaired) electrons. The average Bonchev–Trinajstić information content (AvgIpc) is 2.39. The molecule has 0 amide bonds. The van der Waals surface area contributed by atoms with Gasteiger partial charge in [0.05, 0.1) is 12.6 Å². The van der Waals surface area contributed by atoms with Crippen LogP contribution in [0.15, 0.2) is 24.3 Å². The SMILES string of the molecule is CNN1CCN(c2ccc(Cl)cc2)C(CO)C1. The first-order valence-electron chi connectivity index (χ1n) is 5.80. The lowest BCUT2D eigenvalue weighted by Crippen LogP contribution is -2.57. The molecule has 2 rings (SSSR count). The number of hydrogen-bond donors (Lipinski definition) is 2. The number of benzene rings is 1. The van der Waals surface area contributed by atoms with Gasteiger partial charge in [0.15, 0.2) is 0 Å². The molecule has 0 aliphatic carbocycles. The van der Waals surface area contributed by atoms with Crippen molar-refractivity contribution in [2.24, 2.45) is 0 Å². The Bertz CT molecular complexity index is 357. The van der Waals surface area contributed by atoms with Crippen molar-refractivity contribution in [3.8, 4) is 0 Å². The molecule has 4 nitrogen and oxygen atoms in total. The van der Waals surface area contributed by atoms with Crippen LogP contribution in [0.25, 0.3) is 0 Å². The zero-order chi connectivity index (χ0) is 12.3. The average molecular weight is 256 g/mol. The fourth-order valence-electron chi connectivity index (χ4n) is 2.19. The molecule has 1 saturated heterocycles. The molecule has 1 aliphatic heterocycles. The predicted octanol–water partition coefficient (Wildman–Crippen LogP) is 0.957. The predicted molar refractivity (Wildman–Crippen MR) is 70.3 cm³/mol. The topological polar surface area (TPSA) is 38.7 Å². The number of nitrogens with zero attached hydrogens (tertiary/aromatic N) is 2. The van der Waals surface area contributed by atoms with Crippen molar-refractivity contribution in [2.45, 2.75) is 6.04 Å². The molecule has 0 saturated carbocycles. The molecule has 1 unspecified atom stereocenters. The molecule has 5 heteroatoms. The summed E-state index contributed by atoms with van der Waals surface area (Å²) in [6.07, 6.45) is 0. The lowest BCUT2D eigenvalue weighted by atomic mass is 10.1. The van der Waals surface area contributed by atoms with Crippen molar-refractivity contribution in [1.82, 2.24) is 10.4 Å². The van der Waals surface area contributed by atoms with Crippen LogP contribution in [0.4, 0.5) is 5.69 Å². The number of anilines is 1. The first-order chi connectivity index (χ1) is 8.24. The lowest BCUT2D eigenvalue weighted by molar-refractivity contribution is 0.134. The summed E-state index contributed by atoms with van der Waals surface area (Å²) in [7, 11) is 1.91. The minimum absolute atomic E-state index is 0.123. The van der Waals surface area contributed by atoms with Crippen molar-refractivity contribution in [1.29, 1.82) is 0 Å². The van der Waals surface area contributed by atoms with Gasteiger partial charge in [-0.3, -0.25) is 5.43 Å². The Morgan fingerprint density at radius 2 is 2.06 bits per heavy atom. The van der Waals surface area contributed by atoms with Crippen LogP contribution in [0.5, 0.6) is 0 Å². The zero-order valence-corrected chi connectivity index (χ0v) is 10.7. The Hall–Kier alpha value is -0.810. The van der Waals surface area contributed by atoms with E-state index < -0.39 is 0 Å². The Balaban J connectivity index is 2.12. The minimum atomic E-state index is 0.123. The van der Waals surface area contributed by atoms with E-state index in [-0.39, 0.29) is 12.6 Å². The van der Waals surface area contributed by atoms with Gasteiger partial charge in [-0.2, -0.15) is 0 Å². The van der Waals surface area contributed by atoms with Crippen molar-refractivity contribution >= 4 is 17.3 Å². The second-order valence-electron chi connectivity index (χ2n) is 4.18. The van der Waals surface area contributed by atoms with Crippen molar-refractivity contribution < 1.29 is 5.11 Å². The van der Waals surface area contributed by atoms with E-state index in [1.54, 1.807) is 0 Å². The summed E-state index contributed by atoms with van der Waals surface area (Å²) in [5.41, 5.74) is 4.24. The fraction of sp³-hybridized carbons (Fsp3) is 0.500. The summed E-state index contributed by atoms with van der Waals surface area (Å²) in [5.74, 6) is 0. The maximum atomic E-state index is 9.47. The number of halogens is 1.